The first-order valence-corrected chi connectivity index (χ1v) is 5.93. The van der Waals surface area contributed by atoms with E-state index in [1.165, 1.54) is 6.07 Å². The van der Waals surface area contributed by atoms with Crippen LogP contribution >= 0.6 is 0 Å². The molecule has 2 atom stereocenters. The van der Waals surface area contributed by atoms with Gasteiger partial charge in [-0.25, -0.2) is 8.78 Å². The quantitative estimate of drug-likeness (QED) is 0.787. The lowest BCUT2D eigenvalue weighted by molar-refractivity contribution is 0.137. The van der Waals surface area contributed by atoms with E-state index in [4.69, 9.17) is 4.74 Å². The Bertz CT molecular complexity index is 374. The maximum absolute atomic E-state index is 13.0. The summed E-state index contributed by atoms with van der Waals surface area (Å²) in [6.07, 6.45) is -0.00998. The van der Waals surface area contributed by atoms with E-state index < -0.39 is 17.7 Å². The number of benzene rings is 1. The summed E-state index contributed by atoms with van der Waals surface area (Å²) < 4.78 is 30.8. The fraction of sp³-hybridized carbons (Fsp3) is 0.538. The van der Waals surface area contributed by atoms with E-state index in [9.17, 15) is 13.9 Å². The topological polar surface area (TPSA) is 41.5 Å². The maximum atomic E-state index is 13.0. The highest BCUT2D eigenvalue weighted by atomic mass is 19.2. The minimum absolute atomic E-state index is 0.134. The minimum atomic E-state index is -0.949. The van der Waals surface area contributed by atoms with Crippen LogP contribution in [0.25, 0.3) is 0 Å². The van der Waals surface area contributed by atoms with Crippen molar-refractivity contribution in [3.63, 3.8) is 0 Å². The van der Waals surface area contributed by atoms with Crippen LogP contribution in [0.5, 0.6) is 0 Å². The van der Waals surface area contributed by atoms with Crippen molar-refractivity contribution >= 4 is 0 Å². The van der Waals surface area contributed by atoms with Gasteiger partial charge in [-0.3, -0.25) is 0 Å². The molecule has 18 heavy (non-hydrogen) atoms. The highest BCUT2D eigenvalue weighted by molar-refractivity contribution is 5.20. The van der Waals surface area contributed by atoms with Gasteiger partial charge in [-0.15, -0.1) is 0 Å². The molecule has 0 aliphatic rings. The Morgan fingerprint density at radius 2 is 2.06 bits per heavy atom. The molecule has 1 aromatic rings. The Hall–Kier alpha value is -1.04. The minimum Gasteiger partial charge on any atom is -0.387 e. The van der Waals surface area contributed by atoms with Gasteiger partial charge in [0, 0.05) is 19.7 Å². The maximum Gasteiger partial charge on any atom is 0.159 e. The first-order valence-electron chi connectivity index (χ1n) is 5.93. The summed E-state index contributed by atoms with van der Waals surface area (Å²) in [4.78, 5) is 0. The molecule has 2 unspecified atom stereocenters. The standard InChI is InChI=1S/C13H19F2NO2/c1-3-10(8-18-2)16-7-13(17)9-4-5-11(14)12(15)6-9/h4-6,10,13,16-17H,3,7-8H2,1-2H3. The first kappa shape index (κ1) is 15.0. The lowest BCUT2D eigenvalue weighted by Gasteiger charge is -2.19. The average molecular weight is 259 g/mol. The molecule has 0 bridgehead atoms. The van der Waals surface area contributed by atoms with E-state index in [-0.39, 0.29) is 12.6 Å². The normalized spacial score (nSPS) is 14.5. The summed E-state index contributed by atoms with van der Waals surface area (Å²) in [5.41, 5.74) is 0.355. The van der Waals surface area contributed by atoms with Crippen LogP contribution in [0.2, 0.25) is 0 Å². The number of rotatable bonds is 7. The molecule has 3 nitrogen and oxygen atoms in total. The number of aliphatic hydroxyl groups excluding tert-OH is 1. The number of methoxy groups -OCH3 is 1. The highest BCUT2D eigenvalue weighted by Gasteiger charge is 2.13. The molecule has 5 heteroatoms. The lowest BCUT2D eigenvalue weighted by Crippen LogP contribution is -2.35. The van der Waals surface area contributed by atoms with Crippen molar-refractivity contribution in [2.45, 2.75) is 25.5 Å². The van der Waals surface area contributed by atoms with Gasteiger partial charge < -0.3 is 15.2 Å². The van der Waals surface area contributed by atoms with E-state index in [0.717, 1.165) is 18.6 Å². The highest BCUT2D eigenvalue weighted by Crippen LogP contribution is 2.15. The molecule has 0 aromatic heterocycles. The summed E-state index contributed by atoms with van der Waals surface area (Å²) in [7, 11) is 1.61. The third-order valence-electron chi connectivity index (χ3n) is 2.79. The van der Waals surface area contributed by atoms with Crippen LogP contribution in [0.4, 0.5) is 8.78 Å². The number of hydrogen-bond donors (Lipinski definition) is 2. The van der Waals surface area contributed by atoms with Crippen molar-refractivity contribution in [3.05, 3.63) is 35.4 Å². The molecular weight excluding hydrogens is 240 g/mol. The third kappa shape index (κ3) is 4.33. The van der Waals surface area contributed by atoms with Crippen molar-refractivity contribution in [3.8, 4) is 0 Å². The molecular formula is C13H19F2NO2. The summed E-state index contributed by atoms with van der Waals surface area (Å²) in [6.45, 7) is 2.81. The molecule has 0 fully saturated rings. The van der Waals surface area contributed by atoms with Gasteiger partial charge in [0.15, 0.2) is 11.6 Å². The van der Waals surface area contributed by atoms with Crippen LogP contribution in [-0.4, -0.2) is 31.4 Å². The molecule has 0 aliphatic carbocycles. The van der Waals surface area contributed by atoms with Crippen molar-refractivity contribution in [2.24, 2.45) is 0 Å². The Labute approximate surface area is 106 Å². The molecule has 0 heterocycles. The molecule has 0 saturated carbocycles. The van der Waals surface area contributed by atoms with E-state index in [2.05, 4.69) is 5.32 Å². The monoisotopic (exact) mass is 259 g/mol. The number of nitrogens with one attached hydrogen (secondary N) is 1. The van der Waals surface area contributed by atoms with Crippen LogP contribution in [-0.2, 0) is 4.74 Å². The average Bonchev–Trinajstić information content (AvgIpc) is 2.37. The molecule has 1 aromatic carbocycles. The smallest absolute Gasteiger partial charge is 0.159 e. The van der Waals surface area contributed by atoms with Gasteiger partial charge >= 0.3 is 0 Å². The van der Waals surface area contributed by atoms with Crippen molar-refractivity contribution in [1.29, 1.82) is 0 Å². The second-order valence-corrected chi connectivity index (χ2v) is 4.16. The van der Waals surface area contributed by atoms with Gasteiger partial charge in [0.1, 0.15) is 0 Å². The fourth-order valence-corrected chi connectivity index (χ4v) is 1.64. The van der Waals surface area contributed by atoms with Crippen LogP contribution in [0.1, 0.15) is 25.0 Å². The second kappa shape index (κ2) is 7.41. The van der Waals surface area contributed by atoms with Gasteiger partial charge in [0.2, 0.25) is 0 Å². The zero-order chi connectivity index (χ0) is 13.5. The molecule has 0 spiro atoms. The molecule has 2 N–H and O–H groups in total. The van der Waals surface area contributed by atoms with Gasteiger partial charge in [-0.1, -0.05) is 13.0 Å². The molecule has 0 radical (unpaired) electrons. The Morgan fingerprint density at radius 3 is 2.61 bits per heavy atom. The van der Waals surface area contributed by atoms with Gasteiger partial charge in [0.05, 0.1) is 12.7 Å². The summed E-state index contributed by atoms with van der Waals surface area (Å²) in [6, 6.07) is 3.54. The van der Waals surface area contributed by atoms with Crippen LogP contribution < -0.4 is 5.32 Å². The zero-order valence-electron chi connectivity index (χ0n) is 10.6. The van der Waals surface area contributed by atoms with E-state index in [1.54, 1.807) is 7.11 Å². The van der Waals surface area contributed by atoms with Gasteiger partial charge in [-0.2, -0.15) is 0 Å². The SMILES string of the molecule is CCC(COC)NCC(O)c1ccc(F)c(F)c1. The zero-order valence-corrected chi connectivity index (χ0v) is 10.6. The van der Waals surface area contributed by atoms with Gasteiger partial charge in [0.25, 0.3) is 0 Å². The Kier molecular flexibility index (Phi) is 6.18. The second-order valence-electron chi connectivity index (χ2n) is 4.16. The number of hydrogen-bond acceptors (Lipinski definition) is 3. The number of aliphatic hydroxyl groups is 1. The van der Waals surface area contributed by atoms with Crippen LogP contribution in [0, 0.1) is 11.6 Å². The number of halogens is 2. The largest absolute Gasteiger partial charge is 0.387 e. The first-order chi connectivity index (χ1) is 8.58. The molecule has 0 saturated heterocycles. The van der Waals surface area contributed by atoms with Gasteiger partial charge in [-0.05, 0) is 24.1 Å². The van der Waals surface area contributed by atoms with Crippen molar-refractivity contribution in [1.82, 2.24) is 5.32 Å². The molecule has 102 valence electrons. The summed E-state index contributed by atoms with van der Waals surface area (Å²) >= 11 is 0. The van der Waals surface area contributed by atoms with Crippen LogP contribution in [0.15, 0.2) is 18.2 Å². The summed E-state index contributed by atoms with van der Waals surface area (Å²) in [5.74, 6) is -1.86. The Balaban J connectivity index is 2.53. The molecule has 0 aliphatic heterocycles. The van der Waals surface area contributed by atoms with E-state index >= 15 is 0 Å². The molecule has 0 amide bonds. The van der Waals surface area contributed by atoms with E-state index in [1.807, 2.05) is 6.92 Å². The summed E-state index contributed by atoms with van der Waals surface area (Å²) in [5, 5.41) is 13.0. The van der Waals surface area contributed by atoms with Crippen LogP contribution in [0.3, 0.4) is 0 Å². The predicted octanol–water partition coefficient (Wildman–Crippen LogP) is 2.01. The molecule has 1 rings (SSSR count). The Morgan fingerprint density at radius 1 is 1.33 bits per heavy atom. The fourth-order valence-electron chi connectivity index (χ4n) is 1.64. The predicted molar refractivity (Wildman–Crippen MR) is 65.3 cm³/mol. The lowest BCUT2D eigenvalue weighted by atomic mass is 10.1. The van der Waals surface area contributed by atoms with Crippen molar-refractivity contribution in [2.75, 3.05) is 20.3 Å². The third-order valence-corrected chi connectivity index (χ3v) is 2.79. The van der Waals surface area contributed by atoms with E-state index in [0.29, 0.717) is 12.2 Å². The van der Waals surface area contributed by atoms with Crippen molar-refractivity contribution < 1.29 is 18.6 Å². The number of ether oxygens (including phenoxy) is 1.